The fraction of sp³-hybridized carbons (Fsp3) is 0.812. The van der Waals surface area contributed by atoms with Crippen LogP contribution < -0.4 is 0 Å². The van der Waals surface area contributed by atoms with E-state index >= 15 is 0 Å². The van der Waals surface area contributed by atoms with Crippen molar-refractivity contribution >= 4 is 5.97 Å². The first-order valence-electron chi connectivity index (χ1n) is 7.12. The normalized spacial score (nSPS) is 13.2. The van der Waals surface area contributed by atoms with Gasteiger partial charge in [-0.2, -0.15) is 0 Å². The molecule has 0 aliphatic carbocycles. The molecule has 0 aromatic heterocycles. The maximum absolute atomic E-state index is 11.4. The van der Waals surface area contributed by atoms with Crippen LogP contribution in [0, 0.1) is 5.41 Å². The van der Waals surface area contributed by atoms with Crippen LogP contribution in [0.2, 0.25) is 0 Å². The minimum atomic E-state index is -0.253. The van der Waals surface area contributed by atoms with Crippen LogP contribution >= 0.6 is 0 Å². The Morgan fingerprint density at radius 3 is 2.28 bits per heavy atom. The molecule has 0 radical (unpaired) electrons. The highest BCUT2D eigenvalue weighted by Gasteiger charge is 2.13. The molecule has 0 heterocycles. The summed E-state index contributed by atoms with van der Waals surface area (Å²) in [4.78, 5) is 11.4. The largest absolute Gasteiger partial charge is 0.459 e. The molecule has 0 aliphatic heterocycles. The zero-order valence-electron chi connectivity index (χ0n) is 12.8. The molecule has 0 rings (SSSR count). The van der Waals surface area contributed by atoms with E-state index in [0.29, 0.717) is 11.0 Å². The molecular formula is C16H30O2. The van der Waals surface area contributed by atoms with Crippen LogP contribution in [0.3, 0.4) is 0 Å². The summed E-state index contributed by atoms with van der Waals surface area (Å²) in [7, 11) is 0. The summed E-state index contributed by atoms with van der Waals surface area (Å²) in [5, 5.41) is 0. The molecule has 0 saturated heterocycles. The van der Waals surface area contributed by atoms with Crippen LogP contribution in [0.4, 0.5) is 0 Å². The van der Waals surface area contributed by atoms with Gasteiger partial charge in [-0.15, -0.1) is 0 Å². The second-order valence-electron chi connectivity index (χ2n) is 6.38. The van der Waals surface area contributed by atoms with E-state index in [2.05, 4.69) is 34.3 Å². The van der Waals surface area contributed by atoms with Crippen molar-refractivity contribution in [1.29, 1.82) is 0 Å². The number of carbonyl (C=O) groups excluding carboxylic acids is 1. The fourth-order valence-corrected chi connectivity index (χ4v) is 1.80. The molecule has 1 atom stereocenters. The van der Waals surface area contributed by atoms with Crippen LogP contribution in [0.15, 0.2) is 12.2 Å². The Balaban J connectivity index is 3.75. The molecule has 0 fully saturated rings. The summed E-state index contributed by atoms with van der Waals surface area (Å²) in [6.45, 7) is 14.2. The minimum Gasteiger partial charge on any atom is -0.459 e. The van der Waals surface area contributed by atoms with Crippen molar-refractivity contribution in [1.82, 2.24) is 0 Å². The van der Waals surface area contributed by atoms with Gasteiger partial charge in [0.1, 0.15) is 6.10 Å². The standard InChI is InChI=1S/C16H30O2/c1-7-14(18-15(17)13(2)3)11-9-8-10-12-16(4,5)6/h14H,2,7-12H2,1,3-6H3. The van der Waals surface area contributed by atoms with Crippen LogP contribution in [-0.2, 0) is 9.53 Å². The van der Waals surface area contributed by atoms with Gasteiger partial charge in [-0.3, -0.25) is 0 Å². The van der Waals surface area contributed by atoms with Crippen molar-refractivity contribution in [2.75, 3.05) is 0 Å². The molecule has 0 N–H and O–H groups in total. The molecule has 0 spiro atoms. The third kappa shape index (κ3) is 9.26. The predicted octanol–water partition coefficient (Wildman–Crippen LogP) is 4.88. The summed E-state index contributed by atoms with van der Waals surface area (Å²) >= 11 is 0. The van der Waals surface area contributed by atoms with E-state index in [9.17, 15) is 4.79 Å². The first-order chi connectivity index (χ1) is 8.26. The van der Waals surface area contributed by atoms with Crippen LogP contribution in [-0.4, -0.2) is 12.1 Å². The summed E-state index contributed by atoms with van der Waals surface area (Å²) in [5.41, 5.74) is 0.914. The van der Waals surface area contributed by atoms with Gasteiger partial charge in [0.05, 0.1) is 0 Å². The SMILES string of the molecule is C=C(C)C(=O)OC(CC)CCCCCC(C)(C)C. The number of hydrogen-bond donors (Lipinski definition) is 0. The third-order valence-electron chi connectivity index (χ3n) is 3.03. The van der Waals surface area contributed by atoms with Gasteiger partial charge in [0.15, 0.2) is 0 Å². The Morgan fingerprint density at radius 1 is 1.22 bits per heavy atom. The Morgan fingerprint density at radius 2 is 1.83 bits per heavy atom. The zero-order valence-corrected chi connectivity index (χ0v) is 12.8. The second kappa shape index (κ2) is 8.34. The van der Waals surface area contributed by atoms with E-state index in [-0.39, 0.29) is 12.1 Å². The lowest BCUT2D eigenvalue weighted by molar-refractivity contribution is -0.144. The van der Waals surface area contributed by atoms with E-state index < -0.39 is 0 Å². The van der Waals surface area contributed by atoms with Gasteiger partial charge >= 0.3 is 5.97 Å². The van der Waals surface area contributed by atoms with Gasteiger partial charge in [-0.25, -0.2) is 4.79 Å². The van der Waals surface area contributed by atoms with Gasteiger partial charge in [0.25, 0.3) is 0 Å². The van der Waals surface area contributed by atoms with Crippen molar-refractivity contribution in [3.63, 3.8) is 0 Å². The minimum absolute atomic E-state index is 0.0591. The van der Waals surface area contributed by atoms with Gasteiger partial charge in [0, 0.05) is 5.57 Å². The fourth-order valence-electron chi connectivity index (χ4n) is 1.80. The van der Waals surface area contributed by atoms with E-state index in [4.69, 9.17) is 4.74 Å². The summed E-state index contributed by atoms with van der Waals surface area (Å²) in [6.07, 6.45) is 6.79. The first kappa shape index (κ1) is 17.2. The van der Waals surface area contributed by atoms with Crippen molar-refractivity contribution in [2.24, 2.45) is 5.41 Å². The molecule has 106 valence electrons. The van der Waals surface area contributed by atoms with Crippen molar-refractivity contribution in [3.05, 3.63) is 12.2 Å². The molecule has 2 nitrogen and oxygen atoms in total. The molecule has 0 aromatic carbocycles. The Labute approximate surface area is 113 Å². The van der Waals surface area contributed by atoms with E-state index in [1.54, 1.807) is 6.92 Å². The maximum atomic E-state index is 11.4. The maximum Gasteiger partial charge on any atom is 0.333 e. The molecule has 0 aromatic rings. The molecular weight excluding hydrogens is 224 g/mol. The highest BCUT2D eigenvalue weighted by atomic mass is 16.5. The number of ether oxygens (including phenoxy) is 1. The quantitative estimate of drug-likeness (QED) is 0.350. The van der Waals surface area contributed by atoms with Gasteiger partial charge in [-0.1, -0.05) is 47.1 Å². The predicted molar refractivity (Wildman–Crippen MR) is 77.5 cm³/mol. The average molecular weight is 254 g/mol. The monoisotopic (exact) mass is 254 g/mol. The summed E-state index contributed by atoms with van der Waals surface area (Å²) in [6, 6.07) is 0. The lowest BCUT2D eigenvalue weighted by atomic mass is 9.89. The smallest absolute Gasteiger partial charge is 0.333 e. The Kier molecular flexibility index (Phi) is 7.97. The van der Waals surface area contributed by atoms with Crippen LogP contribution in [0.25, 0.3) is 0 Å². The van der Waals surface area contributed by atoms with E-state index in [1.165, 1.54) is 19.3 Å². The van der Waals surface area contributed by atoms with Crippen molar-refractivity contribution < 1.29 is 9.53 Å². The number of hydrogen-bond acceptors (Lipinski definition) is 2. The number of carbonyl (C=O) groups is 1. The number of rotatable bonds is 8. The van der Waals surface area contributed by atoms with E-state index in [0.717, 1.165) is 19.3 Å². The molecule has 0 bridgehead atoms. The molecule has 1 unspecified atom stereocenters. The summed E-state index contributed by atoms with van der Waals surface area (Å²) < 4.78 is 5.37. The Bertz CT molecular complexity index is 261. The average Bonchev–Trinajstić information content (AvgIpc) is 2.25. The van der Waals surface area contributed by atoms with Crippen LogP contribution in [0.1, 0.15) is 73.1 Å². The Hall–Kier alpha value is -0.790. The van der Waals surface area contributed by atoms with Crippen LogP contribution in [0.5, 0.6) is 0 Å². The third-order valence-corrected chi connectivity index (χ3v) is 3.03. The van der Waals surface area contributed by atoms with E-state index in [1.807, 2.05) is 0 Å². The number of esters is 1. The molecule has 2 heteroatoms. The van der Waals surface area contributed by atoms with Gasteiger partial charge < -0.3 is 4.74 Å². The molecule has 0 aliphatic rings. The molecule has 18 heavy (non-hydrogen) atoms. The summed E-state index contributed by atoms with van der Waals surface area (Å²) in [5.74, 6) is -0.253. The highest BCUT2D eigenvalue weighted by molar-refractivity contribution is 5.87. The lowest BCUT2D eigenvalue weighted by Crippen LogP contribution is -2.17. The first-order valence-corrected chi connectivity index (χ1v) is 7.12. The topological polar surface area (TPSA) is 26.3 Å². The van der Waals surface area contributed by atoms with Gasteiger partial charge in [-0.05, 0) is 38.0 Å². The highest BCUT2D eigenvalue weighted by Crippen LogP contribution is 2.23. The molecule has 0 amide bonds. The van der Waals surface area contributed by atoms with Crippen molar-refractivity contribution in [2.45, 2.75) is 79.2 Å². The number of unbranched alkanes of at least 4 members (excludes halogenated alkanes) is 2. The van der Waals surface area contributed by atoms with Crippen molar-refractivity contribution in [3.8, 4) is 0 Å². The lowest BCUT2D eigenvalue weighted by Gasteiger charge is -2.19. The van der Waals surface area contributed by atoms with Gasteiger partial charge in [0.2, 0.25) is 0 Å². The molecule has 0 saturated carbocycles. The second-order valence-corrected chi connectivity index (χ2v) is 6.38. The zero-order chi connectivity index (χ0) is 14.2.